The predicted octanol–water partition coefficient (Wildman–Crippen LogP) is 1.00. The Morgan fingerprint density at radius 3 is 2.73 bits per heavy atom. The molecule has 0 unspecified atom stereocenters. The van der Waals surface area contributed by atoms with E-state index >= 15 is 0 Å². The maximum absolute atomic E-state index is 13.3. The summed E-state index contributed by atoms with van der Waals surface area (Å²) < 4.78 is 27.1. The molecule has 0 saturated heterocycles. The number of nitrogens with two attached hydrogens (primary N) is 1. The summed E-state index contributed by atoms with van der Waals surface area (Å²) in [4.78, 5) is 0. The molecule has 2 aromatic rings. The second-order valence-electron chi connectivity index (χ2n) is 2.95. The van der Waals surface area contributed by atoms with E-state index in [4.69, 9.17) is 5.73 Å². The summed E-state index contributed by atoms with van der Waals surface area (Å²) in [5, 5.41) is 7.37. The molecule has 0 fully saturated rings. The third-order valence-electron chi connectivity index (χ3n) is 1.91. The number of aromatic nitrogens is 3. The van der Waals surface area contributed by atoms with Crippen LogP contribution in [0.5, 0.6) is 0 Å². The van der Waals surface area contributed by atoms with Crippen molar-refractivity contribution in [2.45, 2.75) is 6.54 Å². The molecule has 6 heteroatoms. The van der Waals surface area contributed by atoms with Crippen molar-refractivity contribution < 1.29 is 8.78 Å². The first-order valence-electron chi connectivity index (χ1n) is 4.27. The fourth-order valence-electron chi connectivity index (χ4n) is 1.18. The number of benzene rings is 1. The zero-order valence-electron chi connectivity index (χ0n) is 7.69. The average molecular weight is 210 g/mol. The van der Waals surface area contributed by atoms with Crippen molar-refractivity contribution in [2.24, 2.45) is 5.73 Å². The standard InChI is InChI=1S/C9H8F2N4/c10-6-1-2-9(8(11)3-6)15-5-7(4-12)13-14-15/h1-3,5H,4,12H2. The Morgan fingerprint density at radius 2 is 2.13 bits per heavy atom. The fraction of sp³-hybridized carbons (Fsp3) is 0.111. The van der Waals surface area contributed by atoms with Gasteiger partial charge in [-0.15, -0.1) is 5.10 Å². The van der Waals surface area contributed by atoms with Gasteiger partial charge in [0, 0.05) is 12.6 Å². The van der Waals surface area contributed by atoms with Crippen LogP contribution in [-0.4, -0.2) is 15.0 Å². The lowest BCUT2D eigenvalue weighted by molar-refractivity contribution is 0.572. The molecule has 0 aliphatic heterocycles. The lowest BCUT2D eigenvalue weighted by Gasteiger charge is -2.00. The molecule has 2 rings (SSSR count). The monoisotopic (exact) mass is 210 g/mol. The van der Waals surface area contributed by atoms with E-state index in [1.807, 2.05) is 0 Å². The smallest absolute Gasteiger partial charge is 0.151 e. The van der Waals surface area contributed by atoms with Gasteiger partial charge < -0.3 is 5.73 Å². The van der Waals surface area contributed by atoms with E-state index in [-0.39, 0.29) is 12.2 Å². The topological polar surface area (TPSA) is 56.7 Å². The van der Waals surface area contributed by atoms with Crippen LogP contribution < -0.4 is 5.73 Å². The average Bonchev–Trinajstić information content (AvgIpc) is 2.66. The molecule has 0 aliphatic rings. The first kappa shape index (κ1) is 9.72. The largest absolute Gasteiger partial charge is 0.325 e. The molecule has 0 saturated carbocycles. The molecule has 15 heavy (non-hydrogen) atoms. The lowest BCUT2D eigenvalue weighted by atomic mass is 10.3. The van der Waals surface area contributed by atoms with E-state index in [1.165, 1.54) is 16.9 Å². The third kappa shape index (κ3) is 1.84. The van der Waals surface area contributed by atoms with Crippen molar-refractivity contribution in [1.29, 1.82) is 0 Å². The first-order valence-corrected chi connectivity index (χ1v) is 4.27. The molecule has 0 atom stereocenters. The van der Waals surface area contributed by atoms with Crippen LogP contribution in [0.15, 0.2) is 24.4 Å². The molecule has 4 nitrogen and oxygen atoms in total. The Balaban J connectivity index is 2.44. The van der Waals surface area contributed by atoms with Crippen LogP contribution in [0.1, 0.15) is 5.69 Å². The quantitative estimate of drug-likeness (QED) is 0.804. The van der Waals surface area contributed by atoms with Gasteiger partial charge in [-0.05, 0) is 12.1 Å². The maximum Gasteiger partial charge on any atom is 0.151 e. The third-order valence-corrected chi connectivity index (χ3v) is 1.91. The summed E-state index contributed by atoms with van der Waals surface area (Å²) in [6.45, 7) is 0.225. The normalized spacial score (nSPS) is 10.6. The molecule has 1 aromatic carbocycles. The van der Waals surface area contributed by atoms with Gasteiger partial charge in [0.25, 0.3) is 0 Å². The zero-order valence-corrected chi connectivity index (χ0v) is 7.69. The van der Waals surface area contributed by atoms with Crippen LogP contribution in [0.25, 0.3) is 5.69 Å². The van der Waals surface area contributed by atoms with Gasteiger partial charge in [-0.25, -0.2) is 13.5 Å². The minimum atomic E-state index is -0.691. The van der Waals surface area contributed by atoms with E-state index in [2.05, 4.69) is 10.3 Å². The molecule has 1 aromatic heterocycles. The summed E-state index contributed by atoms with van der Waals surface area (Å²) in [6.07, 6.45) is 1.50. The molecule has 0 aliphatic carbocycles. The lowest BCUT2D eigenvalue weighted by Crippen LogP contribution is -1.99. The summed E-state index contributed by atoms with van der Waals surface area (Å²) in [7, 11) is 0. The number of halogens is 2. The van der Waals surface area contributed by atoms with Crippen molar-refractivity contribution in [3.8, 4) is 5.69 Å². The molecule has 2 N–H and O–H groups in total. The van der Waals surface area contributed by atoms with Crippen LogP contribution in [-0.2, 0) is 6.54 Å². The highest BCUT2D eigenvalue weighted by Crippen LogP contribution is 2.13. The van der Waals surface area contributed by atoms with Gasteiger partial charge in [0.1, 0.15) is 11.5 Å². The molecule has 0 amide bonds. The van der Waals surface area contributed by atoms with Gasteiger partial charge in [-0.3, -0.25) is 0 Å². The van der Waals surface area contributed by atoms with Gasteiger partial charge in [0.2, 0.25) is 0 Å². The Hall–Kier alpha value is -1.82. The van der Waals surface area contributed by atoms with Crippen molar-refractivity contribution in [3.63, 3.8) is 0 Å². The Kier molecular flexibility index (Phi) is 2.42. The van der Waals surface area contributed by atoms with Crippen molar-refractivity contribution >= 4 is 0 Å². The summed E-state index contributed by atoms with van der Waals surface area (Å²) in [5.41, 5.74) is 6.02. The minimum Gasteiger partial charge on any atom is -0.325 e. The Bertz CT molecular complexity index is 481. The van der Waals surface area contributed by atoms with Crippen molar-refractivity contribution in [2.75, 3.05) is 0 Å². The van der Waals surface area contributed by atoms with Gasteiger partial charge in [-0.2, -0.15) is 0 Å². The number of rotatable bonds is 2. The highest BCUT2D eigenvalue weighted by molar-refractivity contribution is 5.32. The molecule has 0 spiro atoms. The fourth-order valence-corrected chi connectivity index (χ4v) is 1.18. The first-order chi connectivity index (χ1) is 7.20. The van der Waals surface area contributed by atoms with Gasteiger partial charge in [0.05, 0.1) is 11.9 Å². The number of hydrogen-bond donors (Lipinski definition) is 1. The maximum atomic E-state index is 13.3. The van der Waals surface area contributed by atoms with Gasteiger partial charge in [0.15, 0.2) is 5.82 Å². The second-order valence-corrected chi connectivity index (χ2v) is 2.95. The number of nitrogens with zero attached hydrogens (tertiary/aromatic N) is 3. The van der Waals surface area contributed by atoms with E-state index < -0.39 is 11.6 Å². The van der Waals surface area contributed by atoms with Crippen LogP contribution in [0.2, 0.25) is 0 Å². The van der Waals surface area contributed by atoms with E-state index in [1.54, 1.807) is 0 Å². The van der Waals surface area contributed by atoms with E-state index in [0.717, 1.165) is 12.1 Å². The molecule has 0 bridgehead atoms. The SMILES string of the molecule is NCc1cn(-c2ccc(F)cc2F)nn1. The van der Waals surface area contributed by atoms with E-state index in [9.17, 15) is 8.78 Å². The van der Waals surface area contributed by atoms with Crippen LogP contribution in [0, 0.1) is 11.6 Å². The highest BCUT2D eigenvalue weighted by Gasteiger charge is 2.07. The molecular formula is C9H8F2N4. The number of hydrogen-bond acceptors (Lipinski definition) is 3. The second kappa shape index (κ2) is 3.74. The molecule has 1 heterocycles. The van der Waals surface area contributed by atoms with Crippen LogP contribution in [0.3, 0.4) is 0 Å². The molecule has 0 radical (unpaired) electrons. The summed E-state index contributed by atoms with van der Waals surface area (Å²) in [6, 6.07) is 3.24. The van der Waals surface area contributed by atoms with Crippen molar-refractivity contribution in [3.05, 3.63) is 41.7 Å². The van der Waals surface area contributed by atoms with Crippen LogP contribution in [0.4, 0.5) is 8.78 Å². The molecule has 78 valence electrons. The Morgan fingerprint density at radius 1 is 1.33 bits per heavy atom. The Labute approximate surface area is 84.3 Å². The van der Waals surface area contributed by atoms with Crippen LogP contribution >= 0.6 is 0 Å². The zero-order chi connectivity index (χ0) is 10.8. The predicted molar refractivity (Wildman–Crippen MR) is 49.2 cm³/mol. The van der Waals surface area contributed by atoms with E-state index in [0.29, 0.717) is 5.69 Å². The summed E-state index contributed by atoms with van der Waals surface area (Å²) >= 11 is 0. The summed E-state index contributed by atoms with van der Waals surface area (Å²) in [5.74, 6) is -1.32. The van der Waals surface area contributed by atoms with Crippen molar-refractivity contribution in [1.82, 2.24) is 15.0 Å². The highest BCUT2D eigenvalue weighted by atomic mass is 19.1. The van der Waals surface area contributed by atoms with Gasteiger partial charge in [-0.1, -0.05) is 5.21 Å². The molecular weight excluding hydrogens is 202 g/mol. The minimum absolute atomic E-state index is 0.142. The van der Waals surface area contributed by atoms with Gasteiger partial charge >= 0.3 is 0 Å².